The molecule has 14 heavy (non-hydrogen) atoms. The molecule has 0 amide bonds. The highest BCUT2D eigenvalue weighted by molar-refractivity contribution is 5.75. The smallest absolute Gasteiger partial charge is 0.323 e. The van der Waals surface area contributed by atoms with Crippen LogP contribution in [0.4, 0.5) is 0 Å². The van der Waals surface area contributed by atoms with E-state index >= 15 is 0 Å². The van der Waals surface area contributed by atoms with Gasteiger partial charge in [-0.15, -0.1) is 0 Å². The van der Waals surface area contributed by atoms with Crippen LogP contribution in [0.2, 0.25) is 0 Å². The first-order valence-electron chi connectivity index (χ1n) is 5.55. The summed E-state index contributed by atoms with van der Waals surface area (Å²) in [5.74, 6) is 1.32. The summed E-state index contributed by atoms with van der Waals surface area (Å²) in [5, 5.41) is 3.26. The molecular formula is C11H21NO2. The van der Waals surface area contributed by atoms with Crippen molar-refractivity contribution < 1.29 is 9.53 Å². The summed E-state index contributed by atoms with van der Waals surface area (Å²) in [6.45, 7) is 7.73. The van der Waals surface area contributed by atoms with E-state index in [0.717, 1.165) is 19.4 Å². The molecule has 2 unspecified atom stereocenters. The zero-order chi connectivity index (χ0) is 10.6. The molecule has 1 rings (SSSR count). The fourth-order valence-electron chi connectivity index (χ4n) is 1.89. The fourth-order valence-corrected chi connectivity index (χ4v) is 1.89. The van der Waals surface area contributed by atoms with Crippen molar-refractivity contribution in [3.05, 3.63) is 0 Å². The second-order valence-corrected chi connectivity index (χ2v) is 4.29. The van der Waals surface area contributed by atoms with Crippen LogP contribution in [0.25, 0.3) is 0 Å². The Balaban J connectivity index is 2.31. The summed E-state index contributed by atoms with van der Waals surface area (Å²) in [6.07, 6.45) is 2.05. The van der Waals surface area contributed by atoms with E-state index in [4.69, 9.17) is 4.74 Å². The lowest BCUT2D eigenvalue weighted by Crippen LogP contribution is -2.45. The lowest BCUT2D eigenvalue weighted by Gasteiger charge is -2.30. The molecule has 3 nitrogen and oxygen atoms in total. The highest BCUT2D eigenvalue weighted by Gasteiger charge is 2.27. The molecular weight excluding hydrogens is 178 g/mol. The van der Waals surface area contributed by atoms with Crippen molar-refractivity contribution >= 4 is 5.97 Å². The number of carbonyl (C=O) groups excluding carboxylic acids is 1. The number of nitrogens with one attached hydrogen (secondary N) is 1. The van der Waals surface area contributed by atoms with Gasteiger partial charge in [-0.3, -0.25) is 4.79 Å². The molecule has 0 aromatic carbocycles. The number of rotatable bonds is 3. The lowest BCUT2D eigenvalue weighted by molar-refractivity contribution is -0.146. The predicted molar refractivity (Wildman–Crippen MR) is 56.0 cm³/mol. The van der Waals surface area contributed by atoms with Gasteiger partial charge in [0.05, 0.1) is 6.61 Å². The van der Waals surface area contributed by atoms with E-state index in [2.05, 4.69) is 19.2 Å². The minimum Gasteiger partial charge on any atom is -0.465 e. The van der Waals surface area contributed by atoms with Gasteiger partial charge in [0.25, 0.3) is 0 Å². The molecule has 0 radical (unpaired) electrons. The number of hydrogen-bond acceptors (Lipinski definition) is 3. The van der Waals surface area contributed by atoms with E-state index < -0.39 is 0 Å². The van der Waals surface area contributed by atoms with Crippen molar-refractivity contribution in [1.29, 1.82) is 0 Å². The van der Waals surface area contributed by atoms with Gasteiger partial charge in [0, 0.05) is 0 Å². The molecule has 1 N–H and O–H groups in total. The van der Waals surface area contributed by atoms with E-state index in [0.29, 0.717) is 18.4 Å². The standard InChI is InChI=1S/C11H21NO2/c1-4-14-11(13)10-6-5-9(7-12-10)8(2)3/h8-10,12H,4-7H2,1-3H3. The first-order chi connectivity index (χ1) is 6.65. The maximum absolute atomic E-state index is 11.4. The Kier molecular flexibility index (Phi) is 4.39. The summed E-state index contributed by atoms with van der Waals surface area (Å²) in [4.78, 5) is 11.4. The number of esters is 1. The third kappa shape index (κ3) is 2.98. The van der Waals surface area contributed by atoms with Crippen molar-refractivity contribution in [2.75, 3.05) is 13.2 Å². The minimum absolute atomic E-state index is 0.0649. The molecule has 0 aromatic rings. The van der Waals surface area contributed by atoms with Gasteiger partial charge in [-0.05, 0) is 38.1 Å². The molecule has 0 saturated carbocycles. The molecule has 0 aromatic heterocycles. The van der Waals surface area contributed by atoms with Gasteiger partial charge in [0.2, 0.25) is 0 Å². The lowest BCUT2D eigenvalue weighted by atomic mass is 9.86. The van der Waals surface area contributed by atoms with Gasteiger partial charge < -0.3 is 10.1 Å². The van der Waals surface area contributed by atoms with Crippen LogP contribution in [0.3, 0.4) is 0 Å². The van der Waals surface area contributed by atoms with Crippen LogP contribution in [-0.2, 0) is 9.53 Å². The number of ether oxygens (including phenoxy) is 1. The van der Waals surface area contributed by atoms with E-state index in [1.165, 1.54) is 0 Å². The molecule has 0 aliphatic carbocycles. The second kappa shape index (κ2) is 5.35. The van der Waals surface area contributed by atoms with Crippen LogP contribution in [0.15, 0.2) is 0 Å². The van der Waals surface area contributed by atoms with Crippen molar-refractivity contribution in [2.24, 2.45) is 11.8 Å². The molecule has 1 heterocycles. The molecule has 0 bridgehead atoms. The Morgan fingerprint density at radius 3 is 2.64 bits per heavy atom. The first kappa shape index (κ1) is 11.5. The van der Waals surface area contributed by atoms with Gasteiger partial charge in [-0.2, -0.15) is 0 Å². The normalized spacial score (nSPS) is 27.7. The average molecular weight is 199 g/mol. The van der Waals surface area contributed by atoms with Gasteiger partial charge in [-0.1, -0.05) is 13.8 Å². The molecule has 1 fully saturated rings. The molecule has 82 valence electrons. The van der Waals surface area contributed by atoms with Crippen LogP contribution in [0.5, 0.6) is 0 Å². The second-order valence-electron chi connectivity index (χ2n) is 4.29. The molecule has 0 spiro atoms. The third-order valence-electron chi connectivity index (χ3n) is 2.97. The third-order valence-corrected chi connectivity index (χ3v) is 2.97. The summed E-state index contributed by atoms with van der Waals surface area (Å²) in [7, 11) is 0. The van der Waals surface area contributed by atoms with Crippen LogP contribution in [-0.4, -0.2) is 25.2 Å². The summed E-state index contributed by atoms with van der Waals surface area (Å²) in [6, 6.07) is -0.0649. The van der Waals surface area contributed by atoms with Crippen molar-refractivity contribution in [1.82, 2.24) is 5.32 Å². The van der Waals surface area contributed by atoms with E-state index in [-0.39, 0.29) is 12.0 Å². The molecule has 1 aliphatic heterocycles. The highest BCUT2D eigenvalue weighted by Crippen LogP contribution is 2.21. The van der Waals surface area contributed by atoms with Crippen molar-refractivity contribution in [3.63, 3.8) is 0 Å². The van der Waals surface area contributed by atoms with Crippen LogP contribution >= 0.6 is 0 Å². The van der Waals surface area contributed by atoms with Crippen LogP contribution < -0.4 is 5.32 Å². The van der Waals surface area contributed by atoms with Crippen LogP contribution in [0, 0.1) is 11.8 Å². The molecule has 1 saturated heterocycles. The zero-order valence-corrected chi connectivity index (χ0v) is 9.38. The Bertz CT molecular complexity index is 184. The number of hydrogen-bond donors (Lipinski definition) is 1. The highest BCUT2D eigenvalue weighted by atomic mass is 16.5. The Labute approximate surface area is 86.2 Å². The Morgan fingerprint density at radius 2 is 2.21 bits per heavy atom. The number of piperidine rings is 1. The molecule has 1 aliphatic rings. The fraction of sp³-hybridized carbons (Fsp3) is 0.909. The van der Waals surface area contributed by atoms with E-state index in [9.17, 15) is 4.79 Å². The monoisotopic (exact) mass is 199 g/mol. The van der Waals surface area contributed by atoms with E-state index in [1.807, 2.05) is 6.92 Å². The minimum atomic E-state index is -0.0882. The van der Waals surface area contributed by atoms with Gasteiger partial charge in [0.1, 0.15) is 6.04 Å². The van der Waals surface area contributed by atoms with Gasteiger partial charge in [-0.25, -0.2) is 0 Å². The summed E-state index contributed by atoms with van der Waals surface area (Å²) < 4.78 is 4.98. The average Bonchev–Trinajstić information content (AvgIpc) is 2.18. The maximum atomic E-state index is 11.4. The topological polar surface area (TPSA) is 38.3 Å². The van der Waals surface area contributed by atoms with Gasteiger partial charge >= 0.3 is 5.97 Å². The zero-order valence-electron chi connectivity index (χ0n) is 9.38. The van der Waals surface area contributed by atoms with E-state index in [1.54, 1.807) is 0 Å². The number of carbonyl (C=O) groups is 1. The Hall–Kier alpha value is -0.570. The van der Waals surface area contributed by atoms with Crippen molar-refractivity contribution in [2.45, 2.75) is 39.7 Å². The SMILES string of the molecule is CCOC(=O)C1CCC(C(C)C)CN1. The van der Waals surface area contributed by atoms with Crippen LogP contribution in [0.1, 0.15) is 33.6 Å². The Morgan fingerprint density at radius 1 is 1.50 bits per heavy atom. The van der Waals surface area contributed by atoms with Crippen molar-refractivity contribution in [3.8, 4) is 0 Å². The first-order valence-corrected chi connectivity index (χ1v) is 5.55. The predicted octanol–water partition coefficient (Wildman–Crippen LogP) is 1.57. The van der Waals surface area contributed by atoms with Gasteiger partial charge in [0.15, 0.2) is 0 Å². The summed E-state index contributed by atoms with van der Waals surface area (Å²) in [5.41, 5.74) is 0. The summed E-state index contributed by atoms with van der Waals surface area (Å²) >= 11 is 0. The quantitative estimate of drug-likeness (QED) is 0.701. The largest absolute Gasteiger partial charge is 0.465 e. The maximum Gasteiger partial charge on any atom is 0.323 e. The molecule has 2 atom stereocenters. The molecule has 3 heteroatoms.